The highest BCUT2D eigenvalue weighted by atomic mass is 79.9. The van der Waals surface area contributed by atoms with Gasteiger partial charge in [-0.15, -0.1) is 0 Å². The van der Waals surface area contributed by atoms with E-state index in [1.807, 2.05) is 48.5 Å². The minimum Gasteiger partial charge on any atom is -0.456 e. The number of halogens is 1. The predicted molar refractivity (Wildman–Crippen MR) is 174 cm³/mol. The molecule has 0 N–H and O–H groups in total. The summed E-state index contributed by atoms with van der Waals surface area (Å²) in [5.41, 5.74) is 6.69. The molecule has 6 aromatic carbocycles. The molecular weight excluding hydrogens is 582 g/mol. The number of furan rings is 1. The quantitative estimate of drug-likeness (QED) is 0.201. The fraction of sp³-hybridized carbons (Fsp3) is 0. The molecule has 0 radical (unpaired) electrons. The van der Waals surface area contributed by atoms with Crippen molar-refractivity contribution in [3.8, 4) is 45.3 Å². The van der Waals surface area contributed by atoms with Crippen molar-refractivity contribution in [3.05, 3.63) is 138 Å². The Morgan fingerprint density at radius 2 is 1.07 bits per heavy atom. The highest BCUT2D eigenvalue weighted by Gasteiger charge is 2.18. The van der Waals surface area contributed by atoms with Gasteiger partial charge in [-0.1, -0.05) is 125 Å². The molecule has 0 aliphatic rings. The van der Waals surface area contributed by atoms with Crippen molar-refractivity contribution in [1.29, 1.82) is 0 Å². The van der Waals surface area contributed by atoms with Crippen LogP contribution in [0.1, 0.15) is 0 Å². The van der Waals surface area contributed by atoms with Crippen LogP contribution in [0, 0.1) is 0 Å². The number of benzene rings is 6. The van der Waals surface area contributed by atoms with Crippen molar-refractivity contribution in [2.45, 2.75) is 0 Å². The molecule has 8 aromatic rings. The molecule has 8 rings (SSSR count). The Morgan fingerprint density at radius 3 is 1.90 bits per heavy atom. The first-order valence-electron chi connectivity index (χ1n) is 13.7. The standard InChI is InChI=1S/C37H22BrN3O/c38-31-22-27(21-26-11-4-5-12-28(26)31)36-39-35(25-19-17-24(18-20-25)23-9-2-1-3-10-23)40-37(41-36)30-14-8-16-33-34(30)29-13-6-7-15-32(29)42-33/h1-22H. The normalized spacial score (nSPS) is 11.5. The number of hydrogen-bond acceptors (Lipinski definition) is 4. The van der Waals surface area contributed by atoms with Crippen molar-refractivity contribution < 1.29 is 4.42 Å². The molecule has 0 fully saturated rings. The Bertz CT molecular complexity index is 2260. The van der Waals surface area contributed by atoms with Gasteiger partial charge in [-0.2, -0.15) is 0 Å². The molecule has 0 saturated heterocycles. The molecule has 5 heteroatoms. The number of hydrogen-bond donors (Lipinski definition) is 0. The summed E-state index contributed by atoms with van der Waals surface area (Å²) in [7, 11) is 0. The van der Waals surface area contributed by atoms with Crippen molar-refractivity contribution in [2.75, 3.05) is 0 Å². The van der Waals surface area contributed by atoms with Gasteiger partial charge >= 0.3 is 0 Å². The lowest BCUT2D eigenvalue weighted by Gasteiger charge is -2.11. The molecule has 0 saturated carbocycles. The Balaban J connectivity index is 1.35. The van der Waals surface area contributed by atoms with Gasteiger partial charge in [-0.05, 0) is 46.2 Å². The topological polar surface area (TPSA) is 51.8 Å². The zero-order valence-electron chi connectivity index (χ0n) is 22.3. The van der Waals surface area contributed by atoms with Gasteiger partial charge in [0.2, 0.25) is 0 Å². The summed E-state index contributed by atoms with van der Waals surface area (Å²) in [6.07, 6.45) is 0. The summed E-state index contributed by atoms with van der Waals surface area (Å²) < 4.78 is 7.18. The lowest BCUT2D eigenvalue weighted by atomic mass is 10.0. The average molecular weight is 605 g/mol. The molecule has 0 bridgehead atoms. The molecule has 0 atom stereocenters. The first-order chi connectivity index (χ1) is 20.7. The monoisotopic (exact) mass is 603 g/mol. The molecule has 0 amide bonds. The van der Waals surface area contributed by atoms with Gasteiger partial charge < -0.3 is 4.42 Å². The van der Waals surface area contributed by atoms with E-state index in [2.05, 4.69) is 101 Å². The Labute approximate surface area is 250 Å². The lowest BCUT2D eigenvalue weighted by molar-refractivity contribution is 0.669. The van der Waals surface area contributed by atoms with Gasteiger partial charge in [0.15, 0.2) is 17.5 Å². The van der Waals surface area contributed by atoms with Crippen molar-refractivity contribution >= 4 is 48.6 Å². The fourth-order valence-electron chi connectivity index (χ4n) is 5.55. The molecular formula is C37H22BrN3O. The molecule has 0 spiro atoms. The summed E-state index contributed by atoms with van der Waals surface area (Å²) in [5.74, 6) is 1.82. The third-order valence-electron chi connectivity index (χ3n) is 7.60. The number of fused-ring (bicyclic) bond motifs is 4. The van der Waals surface area contributed by atoms with Gasteiger partial charge in [0.25, 0.3) is 0 Å². The van der Waals surface area contributed by atoms with E-state index in [9.17, 15) is 0 Å². The summed E-state index contributed by atoms with van der Waals surface area (Å²) in [4.78, 5) is 15.1. The molecule has 0 aliphatic carbocycles. The Hall–Kier alpha value is -5.13. The summed E-state index contributed by atoms with van der Waals surface area (Å²) >= 11 is 3.77. The largest absolute Gasteiger partial charge is 0.456 e. The number of para-hydroxylation sites is 1. The first kappa shape index (κ1) is 24.6. The lowest BCUT2D eigenvalue weighted by Crippen LogP contribution is -2.00. The van der Waals surface area contributed by atoms with E-state index in [-0.39, 0.29) is 0 Å². The number of nitrogens with zero attached hydrogens (tertiary/aromatic N) is 3. The van der Waals surface area contributed by atoms with Gasteiger partial charge in [0.05, 0.1) is 0 Å². The van der Waals surface area contributed by atoms with Crippen LogP contribution in [0.25, 0.3) is 78.0 Å². The molecule has 4 nitrogen and oxygen atoms in total. The van der Waals surface area contributed by atoms with Crippen LogP contribution in [0.2, 0.25) is 0 Å². The summed E-state index contributed by atoms with van der Waals surface area (Å²) in [6, 6.07) is 45.4. The van der Waals surface area contributed by atoms with Gasteiger partial charge in [-0.3, -0.25) is 0 Å². The average Bonchev–Trinajstić information content (AvgIpc) is 3.44. The van der Waals surface area contributed by atoms with Crippen LogP contribution in [0.4, 0.5) is 0 Å². The molecule has 198 valence electrons. The van der Waals surface area contributed by atoms with E-state index in [1.54, 1.807) is 0 Å². The number of rotatable bonds is 4. The van der Waals surface area contributed by atoms with Crippen LogP contribution in [0.3, 0.4) is 0 Å². The second-order valence-corrected chi connectivity index (χ2v) is 11.1. The summed E-state index contributed by atoms with van der Waals surface area (Å²) in [6.45, 7) is 0. The van der Waals surface area contributed by atoms with Crippen LogP contribution >= 0.6 is 15.9 Å². The summed E-state index contributed by atoms with van der Waals surface area (Å²) in [5, 5.41) is 4.28. The van der Waals surface area contributed by atoms with Crippen molar-refractivity contribution in [2.24, 2.45) is 0 Å². The predicted octanol–water partition coefficient (Wildman–Crippen LogP) is 10.4. The van der Waals surface area contributed by atoms with Gasteiger partial charge in [0, 0.05) is 31.9 Å². The van der Waals surface area contributed by atoms with E-state index < -0.39 is 0 Å². The fourth-order valence-corrected chi connectivity index (χ4v) is 6.16. The molecule has 0 unspecified atom stereocenters. The van der Waals surface area contributed by atoms with E-state index in [1.165, 1.54) is 5.56 Å². The van der Waals surface area contributed by atoms with E-state index >= 15 is 0 Å². The molecule has 2 aromatic heterocycles. The second kappa shape index (κ2) is 10.1. The van der Waals surface area contributed by atoms with E-state index in [0.29, 0.717) is 17.5 Å². The third-order valence-corrected chi connectivity index (χ3v) is 8.25. The van der Waals surface area contributed by atoms with Crippen LogP contribution in [0.15, 0.2) is 142 Å². The number of aromatic nitrogens is 3. The van der Waals surface area contributed by atoms with Crippen LogP contribution in [-0.4, -0.2) is 15.0 Å². The maximum atomic E-state index is 6.19. The van der Waals surface area contributed by atoms with Crippen molar-refractivity contribution in [3.63, 3.8) is 0 Å². The smallest absolute Gasteiger partial charge is 0.164 e. The second-order valence-electron chi connectivity index (χ2n) is 10.2. The minimum absolute atomic E-state index is 0.601. The maximum absolute atomic E-state index is 6.19. The third kappa shape index (κ3) is 4.26. The van der Waals surface area contributed by atoms with E-state index in [0.717, 1.165) is 59.4 Å². The van der Waals surface area contributed by atoms with Crippen molar-refractivity contribution in [1.82, 2.24) is 15.0 Å². The molecule has 42 heavy (non-hydrogen) atoms. The highest BCUT2D eigenvalue weighted by Crippen LogP contribution is 2.37. The Kier molecular flexibility index (Phi) is 5.90. The zero-order chi connectivity index (χ0) is 28.0. The maximum Gasteiger partial charge on any atom is 0.164 e. The van der Waals surface area contributed by atoms with Crippen LogP contribution in [-0.2, 0) is 0 Å². The highest BCUT2D eigenvalue weighted by molar-refractivity contribution is 9.10. The first-order valence-corrected chi connectivity index (χ1v) is 14.5. The molecule has 0 aliphatic heterocycles. The van der Waals surface area contributed by atoms with Gasteiger partial charge in [-0.25, -0.2) is 15.0 Å². The molecule has 2 heterocycles. The Morgan fingerprint density at radius 1 is 0.452 bits per heavy atom. The zero-order valence-corrected chi connectivity index (χ0v) is 23.9. The SMILES string of the molecule is Brc1cc(-c2nc(-c3ccc(-c4ccccc4)cc3)nc(-c3cccc4oc5ccccc5c34)n2)cc2ccccc12. The van der Waals surface area contributed by atoms with Crippen LogP contribution < -0.4 is 0 Å². The minimum atomic E-state index is 0.601. The van der Waals surface area contributed by atoms with E-state index in [4.69, 9.17) is 19.4 Å². The van der Waals surface area contributed by atoms with Crippen LogP contribution in [0.5, 0.6) is 0 Å². The van der Waals surface area contributed by atoms with Gasteiger partial charge in [0.1, 0.15) is 11.2 Å².